The number of nitrogens with two attached hydrogens (primary N) is 1. The highest BCUT2D eigenvalue weighted by molar-refractivity contribution is 5.92. The number of hydrogen-bond acceptors (Lipinski definition) is 2. The van der Waals surface area contributed by atoms with Crippen molar-refractivity contribution in [3.05, 3.63) is 36.5 Å². The number of nitrogens with one attached hydrogen (secondary N) is 1. The molecule has 0 saturated carbocycles. The molecule has 1 aromatic rings. The molecule has 1 heterocycles. The van der Waals surface area contributed by atoms with Gasteiger partial charge in [-0.05, 0) is 19.1 Å². The van der Waals surface area contributed by atoms with Gasteiger partial charge in [-0.15, -0.1) is 0 Å². The van der Waals surface area contributed by atoms with Gasteiger partial charge in [0.2, 0.25) is 0 Å². The molecule has 0 spiro atoms. The summed E-state index contributed by atoms with van der Waals surface area (Å²) in [4.78, 5) is 3.91. The summed E-state index contributed by atoms with van der Waals surface area (Å²) in [6.07, 6.45) is 0. The molecule has 0 aliphatic rings. The van der Waals surface area contributed by atoms with Gasteiger partial charge in [0.25, 0.3) is 0 Å². The number of pyridine rings is 1. The van der Waals surface area contributed by atoms with E-state index in [1.807, 2.05) is 0 Å². The first kappa shape index (κ1) is 6.74. The first-order chi connectivity index (χ1) is 4.70. The van der Waals surface area contributed by atoms with Crippen LogP contribution >= 0.6 is 0 Å². The quantitative estimate of drug-likeness (QED) is 0.435. The monoisotopic (exact) mass is 134 g/mol. The Bertz CT molecular complexity index is 255. The van der Waals surface area contributed by atoms with E-state index >= 15 is 0 Å². The van der Waals surface area contributed by atoms with Gasteiger partial charge in [0.05, 0.1) is 0 Å². The number of rotatable bonds is 1. The van der Waals surface area contributed by atoms with E-state index in [4.69, 9.17) is 11.1 Å². The molecule has 0 unspecified atom stereocenters. The van der Waals surface area contributed by atoms with E-state index in [9.17, 15) is 0 Å². The predicted molar refractivity (Wildman–Crippen MR) is 39.7 cm³/mol. The van der Waals surface area contributed by atoms with Crippen LogP contribution in [0.5, 0.6) is 0 Å². The van der Waals surface area contributed by atoms with Crippen LogP contribution in [0.2, 0.25) is 0 Å². The topological polar surface area (TPSA) is 62.8 Å². The Morgan fingerprint density at radius 3 is 2.70 bits per heavy atom. The number of aromatic nitrogens is 1. The van der Waals surface area contributed by atoms with Gasteiger partial charge in [0.1, 0.15) is 11.5 Å². The highest BCUT2D eigenvalue weighted by Gasteiger charge is 1.95. The molecule has 1 radical (unpaired) electrons. The highest BCUT2D eigenvalue weighted by Crippen LogP contribution is 1.95. The molecule has 0 atom stereocenters. The van der Waals surface area contributed by atoms with E-state index in [1.165, 1.54) is 0 Å². The Hall–Kier alpha value is -1.38. The van der Waals surface area contributed by atoms with Crippen molar-refractivity contribution in [2.75, 3.05) is 0 Å². The van der Waals surface area contributed by atoms with Crippen LogP contribution < -0.4 is 5.73 Å². The van der Waals surface area contributed by atoms with Crippen LogP contribution in [-0.2, 0) is 0 Å². The van der Waals surface area contributed by atoms with Crippen molar-refractivity contribution >= 4 is 5.84 Å². The Labute approximate surface area is 59.4 Å². The van der Waals surface area contributed by atoms with Crippen molar-refractivity contribution in [2.24, 2.45) is 5.73 Å². The second-order valence-electron chi connectivity index (χ2n) is 1.93. The van der Waals surface area contributed by atoms with Gasteiger partial charge in [-0.2, -0.15) is 0 Å². The Morgan fingerprint density at radius 2 is 2.30 bits per heavy atom. The average Bonchev–Trinajstić information content (AvgIpc) is 1.88. The summed E-state index contributed by atoms with van der Waals surface area (Å²) in [5.74, 6) is -0.0227. The fourth-order valence-corrected chi connectivity index (χ4v) is 0.630. The lowest BCUT2D eigenvalue weighted by Crippen LogP contribution is -2.13. The van der Waals surface area contributed by atoms with Crippen LogP contribution in [-0.4, -0.2) is 10.8 Å². The van der Waals surface area contributed by atoms with Gasteiger partial charge in [-0.25, -0.2) is 4.98 Å². The van der Waals surface area contributed by atoms with Crippen molar-refractivity contribution in [1.29, 1.82) is 5.41 Å². The maximum atomic E-state index is 7.02. The predicted octanol–water partition coefficient (Wildman–Crippen LogP) is 0.548. The molecule has 3 nitrogen and oxygen atoms in total. The fraction of sp³-hybridized carbons (Fsp3) is 0. The van der Waals surface area contributed by atoms with Crippen molar-refractivity contribution in [1.82, 2.24) is 4.98 Å². The van der Waals surface area contributed by atoms with E-state index in [0.717, 1.165) is 0 Å². The molecular formula is C7H8N3. The molecule has 0 aromatic carbocycles. The largest absolute Gasteiger partial charge is 0.382 e. The van der Waals surface area contributed by atoms with Gasteiger partial charge >= 0.3 is 0 Å². The van der Waals surface area contributed by atoms with Crippen LogP contribution in [0.1, 0.15) is 11.4 Å². The SMILES string of the molecule is [CH2]c1cccc(C(=N)N)n1. The molecule has 1 aromatic heterocycles. The Morgan fingerprint density at radius 1 is 1.60 bits per heavy atom. The van der Waals surface area contributed by atoms with Crippen LogP contribution in [0.15, 0.2) is 18.2 Å². The first-order valence-corrected chi connectivity index (χ1v) is 2.83. The molecule has 3 heteroatoms. The van der Waals surface area contributed by atoms with E-state index < -0.39 is 0 Å². The molecule has 3 N–H and O–H groups in total. The third-order valence-electron chi connectivity index (χ3n) is 1.08. The fourth-order valence-electron chi connectivity index (χ4n) is 0.630. The first-order valence-electron chi connectivity index (χ1n) is 2.83. The minimum Gasteiger partial charge on any atom is -0.382 e. The van der Waals surface area contributed by atoms with E-state index in [0.29, 0.717) is 11.4 Å². The van der Waals surface area contributed by atoms with Crippen molar-refractivity contribution in [3.63, 3.8) is 0 Å². The lowest BCUT2D eigenvalue weighted by Gasteiger charge is -1.96. The molecule has 51 valence electrons. The molecule has 10 heavy (non-hydrogen) atoms. The molecule has 0 amide bonds. The van der Waals surface area contributed by atoms with Gasteiger partial charge in [-0.1, -0.05) is 6.07 Å². The van der Waals surface area contributed by atoms with E-state index in [2.05, 4.69) is 11.9 Å². The van der Waals surface area contributed by atoms with Crippen LogP contribution in [0.25, 0.3) is 0 Å². The van der Waals surface area contributed by atoms with E-state index in [1.54, 1.807) is 18.2 Å². The maximum Gasteiger partial charge on any atom is 0.141 e. The molecule has 0 saturated heterocycles. The molecule has 0 aliphatic carbocycles. The third kappa shape index (κ3) is 1.31. The smallest absolute Gasteiger partial charge is 0.141 e. The highest BCUT2D eigenvalue weighted by atomic mass is 14.8. The number of nitrogen functional groups attached to an aromatic ring is 1. The maximum absolute atomic E-state index is 7.02. The summed E-state index contributed by atoms with van der Waals surface area (Å²) in [6.45, 7) is 3.60. The summed E-state index contributed by atoms with van der Waals surface area (Å²) in [5.41, 5.74) is 6.29. The summed E-state index contributed by atoms with van der Waals surface area (Å²) in [7, 11) is 0. The van der Waals surface area contributed by atoms with Gasteiger partial charge in [0.15, 0.2) is 0 Å². The second-order valence-corrected chi connectivity index (χ2v) is 1.93. The summed E-state index contributed by atoms with van der Waals surface area (Å²) in [6, 6.07) is 5.20. The lowest BCUT2D eigenvalue weighted by molar-refractivity contribution is 1.21. The summed E-state index contributed by atoms with van der Waals surface area (Å²) in [5, 5.41) is 7.02. The van der Waals surface area contributed by atoms with Crippen LogP contribution in [0.4, 0.5) is 0 Å². The minimum atomic E-state index is -0.0227. The molecule has 0 aliphatic heterocycles. The van der Waals surface area contributed by atoms with Crippen molar-refractivity contribution in [2.45, 2.75) is 0 Å². The number of nitrogens with zero attached hydrogens (tertiary/aromatic N) is 1. The second kappa shape index (κ2) is 2.47. The lowest BCUT2D eigenvalue weighted by atomic mass is 10.3. The van der Waals surface area contributed by atoms with Crippen molar-refractivity contribution in [3.8, 4) is 0 Å². The molecule has 0 fully saturated rings. The number of hydrogen-bond donors (Lipinski definition) is 2. The van der Waals surface area contributed by atoms with Crippen molar-refractivity contribution < 1.29 is 0 Å². The zero-order valence-electron chi connectivity index (χ0n) is 5.46. The van der Waals surface area contributed by atoms with E-state index in [-0.39, 0.29) is 5.84 Å². The van der Waals surface area contributed by atoms with Gasteiger partial charge in [0, 0.05) is 5.69 Å². The zero-order valence-corrected chi connectivity index (χ0v) is 5.46. The molecule has 0 bridgehead atoms. The van der Waals surface area contributed by atoms with Crippen LogP contribution in [0.3, 0.4) is 0 Å². The average molecular weight is 134 g/mol. The molecule has 1 rings (SSSR count). The minimum absolute atomic E-state index is 0.0227. The van der Waals surface area contributed by atoms with Gasteiger partial charge in [-0.3, -0.25) is 5.41 Å². The van der Waals surface area contributed by atoms with Gasteiger partial charge < -0.3 is 5.73 Å². The van der Waals surface area contributed by atoms with Crippen LogP contribution in [0, 0.1) is 12.3 Å². The third-order valence-corrected chi connectivity index (χ3v) is 1.08. The normalized spacial score (nSPS) is 9.30. The molecular weight excluding hydrogens is 126 g/mol. The standard InChI is InChI=1S/C7H8N3/c1-5-3-2-4-6(10-5)7(8)9/h2-4H,1H2,(H3,8,9). The Kier molecular flexibility index (Phi) is 1.67. The zero-order chi connectivity index (χ0) is 7.56. The number of amidine groups is 1. The summed E-state index contributed by atoms with van der Waals surface area (Å²) >= 11 is 0. The Balaban J connectivity index is 3.07. The summed E-state index contributed by atoms with van der Waals surface area (Å²) < 4.78 is 0.